The van der Waals surface area contributed by atoms with Crippen molar-refractivity contribution >= 4 is 27.5 Å². The third kappa shape index (κ3) is 1.56. The summed E-state index contributed by atoms with van der Waals surface area (Å²) < 4.78 is 1.95. The molecule has 3 rings (SSSR count). The summed E-state index contributed by atoms with van der Waals surface area (Å²) in [4.78, 5) is 13.9. The molecule has 0 spiro atoms. The lowest BCUT2D eigenvalue weighted by Gasteiger charge is -2.08. The van der Waals surface area contributed by atoms with E-state index >= 15 is 0 Å². The van der Waals surface area contributed by atoms with Crippen molar-refractivity contribution in [1.82, 2.24) is 19.5 Å². The number of hydrogen-bond acceptors (Lipinski definition) is 6. The van der Waals surface area contributed by atoms with Crippen LogP contribution in [0.1, 0.15) is 11.4 Å². The molecule has 6 nitrogen and oxygen atoms in total. The van der Waals surface area contributed by atoms with Crippen LogP contribution < -0.4 is 11.3 Å². The molecule has 0 fully saturated rings. The molecule has 92 valence electrons. The molecule has 0 aliphatic rings. The summed E-state index contributed by atoms with van der Waals surface area (Å²) in [5.74, 6) is 6.61. The summed E-state index contributed by atoms with van der Waals surface area (Å²) in [6.45, 7) is 3.98. The van der Waals surface area contributed by atoms with Crippen LogP contribution in [0.15, 0.2) is 17.8 Å². The first-order chi connectivity index (χ1) is 8.70. The molecule has 7 heteroatoms. The Labute approximate surface area is 107 Å². The Bertz CT molecular complexity index is 713. The van der Waals surface area contributed by atoms with Gasteiger partial charge in [0, 0.05) is 5.69 Å². The van der Waals surface area contributed by atoms with Gasteiger partial charge in [0.15, 0.2) is 5.82 Å². The van der Waals surface area contributed by atoms with Crippen LogP contribution in [0.2, 0.25) is 0 Å². The van der Waals surface area contributed by atoms with E-state index in [1.54, 1.807) is 17.7 Å². The Balaban J connectivity index is 2.33. The zero-order chi connectivity index (χ0) is 12.7. The van der Waals surface area contributed by atoms with E-state index in [9.17, 15) is 0 Å². The molecule has 0 aliphatic heterocycles. The number of nitrogens with two attached hydrogens (primary N) is 1. The zero-order valence-electron chi connectivity index (χ0n) is 10.0. The molecular weight excluding hydrogens is 248 g/mol. The normalized spacial score (nSPS) is 11.1. The van der Waals surface area contributed by atoms with Gasteiger partial charge in [-0.05, 0) is 25.3 Å². The third-order valence-corrected chi connectivity index (χ3v) is 3.72. The van der Waals surface area contributed by atoms with Gasteiger partial charge in [-0.2, -0.15) is 4.98 Å². The largest absolute Gasteiger partial charge is 0.292 e. The fourth-order valence-corrected chi connectivity index (χ4v) is 2.56. The first-order valence-electron chi connectivity index (χ1n) is 5.43. The maximum atomic E-state index is 5.40. The Morgan fingerprint density at radius 3 is 2.83 bits per heavy atom. The molecule has 0 unspecified atom stereocenters. The Morgan fingerprint density at radius 2 is 2.17 bits per heavy atom. The molecule has 0 amide bonds. The van der Waals surface area contributed by atoms with Crippen molar-refractivity contribution in [2.75, 3.05) is 5.43 Å². The number of nitrogens with zero attached hydrogens (tertiary/aromatic N) is 4. The highest BCUT2D eigenvalue weighted by Gasteiger charge is 2.12. The highest BCUT2D eigenvalue weighted by Crippen LogP contribution is 2.26. The molecule has 0 aromatic carbocycles. The quantitative estimate of drug-likeness (QED) is 0.542. The van der Waals surface area contributed by atoms with Crippen molar-refractivity contribution in [3.8, 4) is 5.82 Å². The van der Waals surface area contributed by atoms with E-state index in [0.29, 0.717) is 5.95 Å². The van der Waals surface area contributed by atoms with E-state index in [1.807, 2.05) is 29.9 Å². The van der Waals surface area contributed by atoms with Crippen LogP contribution in [0.5, 0.6) is 0 Å². The average molecular weight is 260 g/mol. The molecule has 0 saturated carbocycles. The minimum absolute atomic E-state index is 0.408. The fourth-order valence-electron chi connectivity index (χ4n) is 1.80. The van der Waals surface area contributed by atoms with Crippen LogP contribution in [-0.4, -0.2) is 19.5 Å². The van der Waals surface area contributed by atoms with Gasteiger partial charge >= 0.3 is 0 Å². The third-order valence-electron chi connectivity index (χ3n) is 2.91. The topological polar surface area (TPSA) is 81.7 Å². The van der Waals surface area contributed by atoms with Crippen molar-refractivity contribution in [3.63, 3.8) is 0 Å². The number of nitrogen functional groups attached to an aromatic ring is 1. The molecule has 18 heavy (non-hydrogen) atoms. The summed E-state index contributed by atoms with van der Waals surface area (Å²) in [7, 11) is 0. The first kappa shape index (κ1) is 11.1. The van der Waals surface area contributed by atoms with E-state index in [2.05, 4.69) is 20.4 Å². The Morgan fingerprint density at radius 1 is 1.33 bits per heavy atom. The van der Waals surface area contributed by atoms with Crippen LogP contribution in [-0.2, 0) is 0 Å². The average Bonchev–Trinajstić information content (AvgIpc) is 2.97. The number of aromatic nitrogens is 4. The Kier molecular flexibility index (Phi) is 2.49. The summed E-state index contributed by atoms with van der Waals surface area (Å²) in [5.41, 5.74) is 4.54. The number of hydrogen-bond donors (Lipinski definition) is 2. The number of rotatable bonds is 2. The molecule has 3 N–H and O–H groups in total. The summed E-state index contributed by atoms with van der Waals surface area (Å²) in [6.07, 6.45) is 1.77. The van der Waals surface area contributed by atoms with Gasteiger partial charge in [-0.15, -0.1) is 11.3 Å². The van der Waals surface area contributed by atoms with Gasteiger partial charge in [0.2, 0.25) is 5.95 Å². The molecule has 0 atom stereocenters. The summed E-state index contributed by atoms with van der Waals surface area (Å²) in [6, 6.07) is 2.00. The van der Waals surface area contributed by atoms with Crippen molar-refractivity contribution in [2.24, 2.45) is 5.84 Å². The lowest BCUT2D eigenvalue weighted by molar-refractivity contribution is 0.952. The van der Waals surface area contributed by atoms with Gasteiger partial charge in [-0.1, -0.05) is 0 Å². The van der Waals surface area contributed by atoms with Crippen molar-refractivity contribution in [1.29, 1.82) is 0 Å². The monoisotopic (exact) mass is 260 g/mol. The fraction of sp³-hybridized carbons (Fsp3) is 0.182. The van der Waals surface area contributed by atoms with E-state index in [1.165, 1.54) is 0 Å². The van der Waals surface area contributed by atoms with Gasteiger partial charge in [0.25, 0.3) is 0 Å². The summed E-state index contributed by atoms with van der Waals surface area (Å²) >= 11 is 1.56. The number of hydrazine groups is 1. The van der Waals surface area contributed by atoms with E-state index in [0.717, 1.165) is 27.4 Å². The van der Waals surface area contributed by atoms with Gasteiger partial charge in [-0.3, -0.25) is 9.99 Å². The van der Waals surface area contributed by atoms with Gasteiger partial charge in [-0.25, -0.2) is 15.8 Å². The van der Waals surface area contributed by atoms with Gasteiger partial charge < -0.3 is 0 Å². The molecule has 0 radical (unpaired) electrons. The smallest absolute Gasteiger partial charge is 0.240 e. The maximum Gasteiger partial charge on any atom is 0.240 e. The van der Waals surface area contributed by atoms with E-state index in [4.69, 9.17) is 5.84 Å². The second kappa shape index (κ2) is 4.04. The SMILES string of the molecule is Cc1ncn(-c2nc(NN)nc3sccc23)c1C. The van der Waals surface area contributed by atoms with E-state index < -0.39 is 0 Å². The van der Waals surface area contributed by atoms with Gasteiger partial charge in [0.05, 0.1) is 11.1 Å². The first-order valence-corrected chi connectivity index (χ1v) is 6.31. The number of anilines is 1. The Hall–Kier alpha value is -1.99. The molecule has 3 heterocycles. The maximum absolute atomic E-state index is 5.40. The number of nitrogens with one attached hydrogen (secondary N) is 1. The second-order valence-corrected chi connectivity index (χ2v) is 4.83. The van der Waals surface area contributed by atoms with Gasteiger partial charge in [0.1, 0.15) is 11.2 Å². The van der Waals surface area contributed by atoms with E-state index in [-0.39, 0.29) is 0 Å². The van der Waals surface area contributed by atoms with Crippen molar-refractivity contribution < 1.29 is 0 Å². The standard InChI is InChI=1S/C11H12N6S/c1-6-7(2)17(5-13-6)9-8-3-4-18-10(8)15-11(14-9)16-12/h3-5H,12H2,1-2H3,(H,14,15,16). The number of thiophene rings is 1. The number of fused-ring (bicyclic) bond motifs is 1. The number of imidazole rings is 1. The summed E-state index contributed by atoms with van der Waals surface area (Å²) in [5, 5.41) is 2.99. The molecule has 3 aromatic rings. The minimum atomic E-state index is 0.408. The van der Waals surface area contributed by atoms with Crippen LogP contribution in [0, 0.1) is 13.8 Å². The van der Waals surface area contributed by atoms with Crippen LogP contribution in [0.4, 0.5) is 5.95 Å². The lowest BCUT2D eigenvalue weighted by atomic mass is 10.3. The predicted octanol–water partition coefficient (Wildman–Crippen LogP) is 1.78. The molecule has 3 aromatic heterocycles. The molecule has 0 aliphatic carbocycles. The number of aryl methyl sites for hydroxylation is 1. The zero-order valence-corrected chi connectivity index (χ0v) is 10.8. The minimum Gasteiger partial charge on any atom is -0.292 e. The molecular formula is C11H12N6S. The van der Waals surface area contributed by atoms with Crippen LogP contribution >= 0.6 is 11.3 Å². The predicted molar refractivity (Wildman–Crippen MR) is 71.8 cm³/mol. The van der Waals surface area contributed by atoms with Crippen molar-refractivity contribution in [2.45, 2.75) is 13.8 Å². The highest BCUT2D eigenvalue weighted by atomic mass is 32.1. The second-order valence-electron chi connectivity index (χ2n) is 3.94. The lowest BCUT2D eigenvalue weighted by Crippen LogP contribution is -2.12. The molecule has 0 saturated heterocycles. The highest BCUT2D eigenvalue weighted by molar-refractivity contribution is 7.16. The molecule has 0 bridgehead atoms. The van der Waals surface area contributed by atoms with Crippen LogP contribution in [0.25, 0.3) is 16.0 Å². The van der Waals surface area contributed by atoms with Crippen molar-refractivity contribution in [3.05, 3.63) is 29.2 Å². The van der Waals surface area contributed by atoms with Crippen LogP contribution in [0.3, 0.4) is 0 Å².